The first-order valence-corrected chi connectivity index (χ1v) is 3.01. The van der Waals surface area contributed by atoms with Crippen LogP contribution in [0.15, 0.2) is 22.3 Å². The minimum Gasteiger partial charge on any atom is -0.491 e. The van der Waals surface area contributed by atoms with Gasteiger partial charge < -0.3 is 4.74 Å². The summed E-state index contributed by atoms with van der Waals surface area (Å²) in [6.07, 6.45) is 0. The van der Waals surface area contributed by atoms with Crippen LogP contribution in [0.3, 0.4) is 0 Å². The molecule has 0 radical (unpaired) electrons. The number of rotatable bonds is 3. The summed E-state index contributed by atoms with van der Waals surface area (Å²) in [7, 11) is 1.62. The number of ether oxygens (including phenoxy) is 1. The molecule has 0 rings (SSSR count). The Balaban J connectivity index is 4.04. The minimum absolute atomic E-state index is 0.460. The molecule has 3 heteroatoms. The zero-order valence-electron chi connectivity index (χ0n) is 6.42. The number of hydrogen-bond acceptors (Lipinski definition) is 2. The Morgan fingerprint density at radius 1 is 1.60 bits per heavy atom. The third-order valence-corrected chi connectivity index (χ3v) is 0.930. The van der Waals surface area contributed by atoms with Crippen molar-refractivity contribution in [3.8, 4) is 0 Å². The molecule has 0 aromatic heterocycles. The van der Waals surface area contributed by atoms with E-state index in [1.165, 1.54) is 0 Å². The van der Waals surface area contributed by atoms with Crippen LogP contribution in [0.5, 0.6) is 0 Å². The van der Waals surface area contributed by atoms with Gasteiger partial charge in [-0.05, 0) is 13.6 Å². The average molecular weight is 140 g/mol. The zero-order valence-corrected chi connectivity index (χ0v) is 6.42. The first-order chi connectivity index (χ1) is 4.76. The molecule has 56 valence electrons. The molecule has 0 saturated heterocycles. The van der Waals surface area contributed by atoms with Gasteiger partial charge in [-0.15, -0.1) is 0 Å². The van der Waals surface area contributed by atoms with Crippen molar-refractivity contribution in [2.45, 2.75) is 6.92 Å². The van der Waals surface area contributed by atoms with Gasteiger partial charge in [0.15, 0.2) is 11.6 Å². The molecule has 0 aliphatic carbocycles. The molecule has 0 aliphatic heterocycles. The van der Waals surface area contributed by atoms with Crippen molar-refractivity contribution in [1.29, 1.82) is 0 Å². The number of hydrogen-bond donors (Lipinski definition) is 0. The summed E-state index contributed by atoms with van der Waals surface area (Å²) in [4.78, 5) is 7.39. The number of amidine groups is 1. The molecule has 0 aromatic rings. The highest BCUT2D eigenvalue weighted by Gasteiger charge is 1.98. The van der Waals surface area contributed by atoms with Gasteiger partial charge >= 0.3 is 0 Å². The largest absolute Gasteiger partial charge is 0.491 e. The van der Waals surface area contributed by atoms with E-state index in [0.29, 0.717) is 18.2 Å². The highest BCUT2D eigenvalue weighted by molar-refractivity contribution is 5.98. The minimum atomic E-state index is 0.460. The van der Waals surface area contributed by atoms with Gasteiger partial charge in [0.25, 0.3) is 0 Å². The van der Waals surface area contributed by atoms with Gasteiger partial charge in [0.1, 0.15) is 0 Å². The van der Waals surface area contributed by atoms with Gasteiger partial charge in [-0.1, -0.05) is 6.58 Å². The lowest BCUT2D eigenvalue weighted by Gasteiger charge is -2.03. The maximum atomic E-state index is 5.03. The van der Waals surface area contributed by atoms with Crippen molar-refractivity contribution in [3.05, 3.63) is 12.3 Å². The third kappa shape index (κ3) is 2.44. The van der Waals surface area contributed by atoms with E-state index in [0.717, 1.165) is 0 Å². The van der Waals surface area contributed by atoms with Crippen molar-refractivity contribution in [1.82, 2.24) is 0 Å². The molecule has 0 spiro atoms. The van der Waals surface area contributed by atoms with Crippen LogP contribution in [0.1, 0.15) is 6.92 Å². The molecule has 3 nitrogen and oxygen atoms in total. The molecule has 0 fully saturated rings. The second kappa shape index (κ2) is 4.73. The molecule has 0 atom stereocenters. The lowest BCUT2D eigenvalue weighted by molar-refractivity contribution is 0.250. The zero-order chi connectivity index (χ0) is 7.98. The smallest absolute Gasteiger partial charge is 0.188 e. The van der Waals surface area contributed by atoms with Crippen LogP contribution >= 0.6 is 0 Å². The Morgan fingerprint density at radius 2 is 2.20 bits per heavy atom. The average Bonchev–Trinajstić information content (AvgIpc) is 1.91. The van der Waals surface area contributed by atoms with Crippen LogP contribution in [0.25, 0.3) is 0 Å². The molecule has 0 saturated carbocycles. The highest BCUT2D eigenvalue weighted by Crippen LogP contribution is 1.97. The summed E-state index contributed by atoms with van der Waals surface area (Å²) >= 11 is 0. The van der Waals surface area contributed by atoms with Crippen LogP contribution in [-0.2, 0) is 4.74 Å². The number of nitrogens with zero attached hydrogens (tertiary/aromatic N) is 2. The van der Waals surface area contributed by atoms with Gasteiger partial charge in [0, 0.05) is 7.05 Å². The molecular formula is C7H12N2O. The normalized spacial score (nSPS) is 10.8. The van der Waals surface area contributed by atoms with Crippen LogP contribution in [-0.4, -0.2) is 26.2 Å². The monoisotopic (exact) mass is 140 g/mol. The van der Waals surface area contributed by atoms with Gasteiger partial charge in [0.2, 0.25) is 0 Å². The fourth-order valence-corrected chi connectivity index (χ4v) is 0.522. The Labute approximate surface area is 61.1 Å². The standard InChI is InChI=1S/C7H12N2O/c1-5-10-6(2)7(8-3)9-4/h2-3,5H2,1,4H3. The van der Waals surface area contributed by atoms with Crippen LogP contribution in [0, 0.1) is 0 Å². The molecule has 0 heterocycles. The van der Waals surface area contributed by atoms with E-state index in [-0.39, 0.29) is 0 Å². The van der Waals surface area contributed by atoms with Gasteiger partial charge in [-0.2, -0.15) is 0 Å². The topological polar surface area (TPSA) is 34.0 Å². The fraction of sp³-hybridized carbons (Fsp3) is 0.429. The second-order valence-corrected chi connectivity index (χ2v) is 1.56. The van der Waals surface area contributed by atoms with Gasteiger partial charge in [-0.3, -0.25) is 4.99 Å². The summed E-state index contributed by atoms with van der Waals surface area (Å²) in [6.45, 7) is 9.37. The summed E-state index contributed by atoms with van der Waals surface area (Å²) in [6, 6.07) is 0. The Kier molecular flexibility index (Phi) is 4.20. The molecule has 10 heavy (non-hydrogen) atoms. The molecule has 0 N–H and O–H groups in total. The van der Waals surface area contributed by atoms with E-state index >= 15 is 0 Å². The van der Waals surface area contributed by atoms with Crippen molar-refractivity contribution < 1.29 is 4.74 Å². The molecule has 0 aromatic carbocycles. The fourth-order valence-electron chi connectivity index (χ4n) is 0.522. The summed E-state index contributed by atoms with van der Waals surface area (Å²) in [5, 5.41) is 0. The number of aliphatic imine (C=N–C) groups is 2. The molecule has 0 unspecified atom stereocenters. The van der Waals surface area contributed by atoms with Crippen molar-refractivity contribution in [2.75, 3.05) is 13.7 Å². The molecule has 0 bridgehead atoms. The summed E-state index contributed by atoms with van der Waals surface area (Å²) in [5.41, 5.74) is 0. The van der Waals surface area contributed by atoms with Gasteiger partial charge in [0.05, 0.1) is 6.61 Å². The predicted octanol–water partition coefficient (Wildman–Crippen LogP) is 1.27. The summed E-state index contributed by atoms with van der Waals surface area (Å²) in [5.74, 6) is 0.932. The van der Waals surface area contributed by atoms with E-state index in [1.54, 1.807) is 7.05 Å². The second-order valence-electron chi connectivity index (χ2n) is 1.56. The maximum absolute atomic E-state index is 5.03. The maximum Gasteiger partial charge on any atom is 0.188 e. The van der Waals surface area contributed by atoms with Crippen LogP contribution in [0.4, 0.5) is 0 Å². The van der Waals surface area contributed by atoms with Crippen LogP contribution in [0.2, 0.25) is 0 Å². The van der Waals surface area contributed by atoms with Crippen molar-refractivity contribution >= 4 is 12.6 Å². The lowest BCUT2D eigenvalue weighted by atomic mass is 10.5. The molecule has 0 aliphatic rings. The first kappa shape index (κ1) is 8.88. The van der Waals surface area contributed by atoms with Crippen molar-refractivity contribution in [3.63, 3.8) is 0 Å². The predicted molar refractivity (Wildman–Crippen MR) is 43.7 cm³/mol. The Hall–Kier alpha value is -1.12. The third-order valence-electron chi connectivity index (χ3n) is 0.930. The quantitative estimate of drug-likeness (QED) is 0.330. The van der Waals surface area contributed by atoms with Crippen LogP contribution < -0.4 is 0 Å². The van der Waals surface area contributed by atoms with E-state index in [2.05, 4.69) is 23.3 Å². The van der Waals surface area contributed by atoms with E-state index in [1.807, 2.05) is 6.92 Å². The van der Waals surface area contributed by atoms with Gasteiger partial charge in [-0.25, -0.2) is 4.99 Å². The summed E-state index contributed by atoms with van der Waals surface area (Å²) < 4.78 is 5.03. The van der Waals surface area contributed by atoms with E-state index in [4.69, 9.17) is 4.74 Å². The first-order valence-electron chi connectivity index (χ1n) is 3.01. The molecule has 0 amide bonds. The SMILES string of the molecule is C=NC(=NC)C(=C)OCC. The van der Waals surface area contributed by atoms with E-state index < -0.39 is 0 Å². The Bertz CT molecular complexity index is 161. The Morgan fingerprint density at radius 3 is 2.50 bits per heavy atom. The lowest BCUT2D eigenvalue weighted by Crippen LogP contribution is -2.01. The van der Waals surface area contributed by atoms with E-state index in [9.17, 15) is 0 Å². The highest BCUT2D eigenvalue weighted by atomic mass is 16.5. The molecular weight excluding hydrogens is 128 g/mol. The van der Waals surface area contributed by atoms with Crippen molar-refractivity contribution in [2.24, 2.45) is 9.98 Å².